The van der Waals surface area contributed by atoms with Crippen LogP contribution in [0.5, 0.6) is 0 Å². The van der Waals surface area contributed by atoms with Gasteiger partial charge in [0.25, 0.3) is 0 Å². The molecule has 0 amide bonds. The highest BCUT2D eigenvalue weighted by molar-refractivity contribution is 7.99. The smallest absolute Gasteiger partial charge is 0.193 e. The van der Waals surface area contributed by atoms with E-state index in [4.69, 9.17) is 4.99 Å². The average molecular weight is 409 g/mol. The second kappa shape index (κ2) is 9.78. The van der Waals surface area contributed by atoms with E-state index in [0.29, 0.717) is 12.5 Å². The molecule has 1 N–H and O–H groups in total. The first kappa shape index (κ1) is 19.8. The molecule has 1 aliphatic heterocycles. The van der Waals surface area contributed by atoms with Crippen molar-refractivity contribution < 1.29 is 0 Å². The van der Waals surface area contributed by atoms with Crippen LogP contribution in [0.15, 0.2) is 64.6 Å². The Balaban J connectivity index is 1.32. The maximum Gasteiger partial charge on any atom is 0.193 e. The number of likely N-dealkylation sites (tertiary alicyclic amines) is 1. The molecule has 0 aliphatic carbocycles. The van der Waals surface area contributed by atoms with Crippen LogP contribution in [0, 0.1) is 5.92 Å². The second-order valence-electron chi connectivity index (χ2n) is 7.26. The lowest BCUT2D eigenvalue weighted by molar-refractivity contribution is 0.474. The van der Waals surface area contributed by atoms with Gasteiger partial charge in [-0.3, -0.25) is 9.39 Å². The van der Waals surface area contributed by atoms with Crippen LogP contribution in [0.3, 0.4) is 0 Å². The summed E-state index contributed by atoms with van der Waals surface area (Å²) in [6.07, 6.45) is 4.01. The number of pyridine rings is 1. The summed E-state index contributed by atoms with van der Waals surface area (Å²) in [7, 11) is 0. The van der Waals surface area contributed by atoms with Gasteiger partial charge >= 0.3 is 0 Å². The number of hydrogen-bond donors (Lipinski definition) is 1. The molecule has 1 fully saturated rings. The number of thioether (sulfide) groups is 1. The fourth-order valence-corrected chi connectivity index (χ4v) is 4.69. The molecule has 1 aliphatic rings. The Morgan fingerprint density at radius 3 is 2.90 bits per heavy atom. The average Bonchev–Trinajstić information content (AvgIpc) is 3.40. The van der Waals surface area contributed by atoms with E-state index >= 15 is 0 Å². The van der Waals surface area contributed by atoms with Gasteiger partial charge in [-0.05, 0) is 43.5 Å². The maximum atomic E-state index is 4.87. The summed E-state index contributed by atoms with van der Waals surface area (Å²) in [6, 6.07) is 16.6. The van der Waals surface area contributed by atoms with E-state index in [-0.39, 0.29) is 0 Å². The second-order valence-corrected chi connectivity index (χ2v) is 8.35. The van der Waals surface area contributed by atoms with Gasteiger partial charge in [-0.2, -0.15) is 0 Å². The molecule has 29 heavy (non-hydrogen) atoms. The molecule has 2 aromatic heterocycles. The largest absolute Gasteiger partial charge is 0.357 e. The van der Waals surface area contributed by atoms with Crippen LogP contribution in [-0.4, -0.2) is 57.4 Å². The topological polar surface area (TPSA) is 57.8 Å². The minimum Gasteiger partial charge on any atom is -0.357 e. The molecular formula is C22H28N6S. The monoisotopic (exact) mass is 408 g/mol. The van der Waals surface area contributed by atoms with E-state index in [1.54, 1.807) is 0 Å². The summed E-state index contributed by atoms with van der Waals surface area (Å²) >= 11 is 1.96. The van der Waals surface area contributed by atoms with Gasteiger partial charge in [0.15, 0.2) is 11.6 Å². The van der Waals surface area contributed by atoms with Crippen LogP contribution in [0.4, 0.5) is 0 Å². The van der Waals surface area contributed by atoms with Gasteiger partial charge < -0.3 is 10.2 Å². The van der Waals surface area contributed by atoms with Crippen molar-refractivity contribution in [2.75, 3.05) is 31.9 Å². The lowest BCUT2D eigenvalue weighted by atomic mass is 10.2. The van der Waals surface area contributed by atoms with Gasteiger partial charge in [-0.1, -0.05) is 24.3 Å². The van der Waals surface area contributed by atoms with Gasteiger partial charge in [0.1, 0.15) is 5.82 Å². The fourth-order valence-electron chi connectivity index (χ4n) is 3.64. The van der Waals surface area contributed by atoms with Crippen molar-refractivity contribution in [1.82, 2.24) is 24.8 Å². The number of benzene rings is 1. The number of guanidine groups is 1. The summed E-state index contributed by atoms with van der Waals surface area (Å²) in [4.78, 5) is 8.63. The van der Waals surface area contributed by atoms with E-state index in [2.05, 4.69) is 57.7 Å². The third-order valence-electron chi connectivity index (χ3n) is 5.13. The first-order chi connectivity index (χ1) is 14.3. The summed E-state index contributed by atoms with van der Waals surface area (Å²) in [6.45, 7) is 5.85. The van der Waals surface area contributed by atoms with Gasteiger partial charge in [-0.25, -0.2) is 0 Å². The Bertz CT molecular complexity index is 939. The van der Waals surface area contributed by atoms with Gasteiger partial charge in [0.2, 0.25) is 0 Å². The molecule has 0 bridgehead atoms. The molecule has 6 nitrogen and oxygen atoms in total. The first-order valence-electron chi connectivity index (χ1n) is 10.3. The normalized spacial score (nSPS) is 17.2. The van der Waals surface area contributed by atoms with Gasteiger partial charge in [0, 0.05) is 49.4 Å². The molecule has 4 rings (SSSR count). The number of fused-ring (bicyclic) bond motifs is 1. The Kier molecular flexibility index (Phi) is 6.67. The molecule has 3 aromatic rings. The minimum atomic E-state index is 0.699. The standard InChI is InChI=1S/C22H28N6S/c1-2-23-22(24-13-11-21-26-25-20-10-6-7-14-28(20)21)27-15-12-18(16-27)17-29-19-8-4-3-5-9-19/h3-10,14,18H,2,11-13,15-17H2,1H3,(H,23,24). The van der Waals surface area contributed by atoms with Crippen LogP contribution in [0.2, 0.25) is 0 Å². The van der Waals surface area contributed by atoms with Crippen LogP contribution in [0.25, 0.3) is 5.65 Å². The molecule has 3 heterocycles. The highest BCUT2D eigenvalue weighted by Gasteiger charge is 2.24. The highest BCUT2D eigenvalue weighted by atomic mass is 32.2. The van der Waals surface area contributed by atoms with Crippen molar-refractivity contribution in [2.45, 2.75) is 24.7 Å². The van der Waals surface area contributed by atoms with Crippen molar-refractivity contribution in [3.05, 3.63) is 60.6 Å². The van der Waals surface area contributed by atoms with Gasteiger partial charge in [0.05, 0.1) is 0 Å². The van der Waals surface area contributed by atoms with E-state index in [9.17, 15) is 0 Å². The number of nitrogens with one attached hydrogen (secondary N) is 1. The van der Waals surface area contributed by atoms with Crippen molar-refractivity contribution >= 4 is 23.4 Å². The Hall–Kier alpha value is -2.54. The predicted molar refractivity (Wildman–Crippen MR) is 120 cm³/mol. The zero-order chi connectivity index (χ0) is 19.9. The van der Waals surface area contributed by atoms with E-state index in [0.717, 1.165) is 49.2 Å². The predicted octanol–water partition coefficient (Wildman–Crippen LogP) is 3.35. The molecule has 1 aromatic carbocycles. The fraction of sp³-hybridized carbons (Fsp3) is 0.409. The molecule has 152 valence electrons. The van der Waals surface area contributed by atoms with E-state index < -0.39 is 0 Å². The summed E-state index contributed by atoms with van der Waals surface area (Å²) in [5.74, 6) is 3.84. The molecule has 0 saturated carbocycles. The zero-order valence-corrected chi connectivity index (χ0v) is 17.7. The lowest BCUT2D eigenvalue weighted by Crippen LogP contribution is -2.40. The Morgan fingerprint density at radius 2 is 2.03 bits per heavy atom. The zero-order valence-electron chi connectivity index (χ0n) is 16.9. The highest BCUT2D eigenvalue weighted by Crippen LogP contribution is 2.25. The minimum absolute atomic E-state index is 0.699. The van der Waals surface area contributed by atoms with Crippen LogP contribution in [-0.2, 0) is 6.42 Å². The molecule has 0 radical (unpaired) electrons. The number of aliphatic imine (C=N–C) groups is 1. The van der Waals surface area contributed by atoms with E-state index in [1.807, 2.05) is 40.6 Å². The maximum absolute atomic E-state index is 4.87. The van der Waals surface area contributed by atoms with Gasteiger partial charge in [-0.15, -0.1) is 22.0 Å². The van der Waals surface area contributed by atoms with Crippen LogP contribution < -0.4 is 5.32 Å². The number of nitrogens with zero attached hydrogens (tertiary/aromatic N) is 5. The molecule has 1 atom stereocenters. The first-order valence-corrected chi connectivity index (χ1v) is 11.3. The number of aromatic nitrogens is 3. The van der Waals surface area contributed by atoms with Crippen molar-refractivity contribution in [3.63, 3.8) is 0 Å². The van der Waals surface area contributed by atoms with E-state index in [1.165, 1.54) is 11.3 Å². The lowest BCUT2D eigenvalue weighted by Gasteiger charge is -2.21. The van der Waals surface area contributed by atoms with Crippen LogP contribution >= 0.6 is 11.8 Å². The van der Waals surface area contributed by atoms with Crippen molar-refractivity contribution in [1.29, 1.82) is 0 Å². The van der Waals surface area contributed by atoms with Crippen molar-refractivity contribution in [3.8, 4) is 0 Å². The summed E-state index contributed by atoms with van der Waals surface area (Å²) in [5, 5.41) is 12.0. The Morgan fingerprint density at radius 1 is 1.17 bits per heavy atom. The summed E-state index contributed by atoms with van der Waals surface area (Å²) in [5.41, 5.74) is 0.886. The molecule has 7 heteroatoms. The Labute approximate surface area is 176 Å². The quantitative estimate of drug-likeness (QED) is 0.369. The number of hydrogen-bond acceptors (Lipinski definition) is 4. The third kappa shape index (κ3) is 5.09. The number of rotatable bonds is 7. The molecule has 0 spiro atoms. The molecule has 1 unspecified atom stereocenters. The molecular weight excluding hydrogens is 380 g/mol. The van der Waals surface area contributed by atoms with Crippen molar-refractivity contribution in [2.24, 2.45) is 10.9 Å². The molecule has 1 saturated heterocycles. The SMILES string of the molecule is CCNC(=NCCc1nnc2ccccn12)N1CCC(CSc2ccccc2)C1. The summed E-state index contributed by atoms with van der Waals surface area (Å²) < 4.78 is 2.04. The third-order valence-corrected chi connectivity index (χ3v) is 6.37. The van der Waals surface area contributed by atoms with Crippen LogP contribution in [0.1, 0.15) is 19.2 Å².